The number of hydrogen-bond donors (Lipinski definition) is 2. The van der Waals surface area contributed by atoms with E-state index >= 15 is 0 Å². The molecule has 2 N–H and O–H groups in total. The first-order chi connectivity index (χ1) is 4.99. The first kappa shape index (κ1) is 10.4. The van der Waals surface area contributed by atoms with Crippen molar-refractivity contribution >= 4 is 10.1 Å². The van der Waals surface area contributed by atoms with Crippen molar-refractivity contribution in [3.8, 4) is 11.8 Å². The van der Waals surface area contributed by atoms with E-state index in [1.54, 1.807) is 0 Å². The Balaban J connectivity index is 4.18. The molecule has 0 bridgehead atoms. The van der Waals surface area contributed by atoms with E-state index < -0.39 is 21.8 Å². The number of aliphatic hydroxyl groups excluding tert-OH is 1. The van der Waals surface area contributed by atoms with E-state index in [-0.39, 0.29) is 6.61 Å². The Morgan fingerprint density at radius 1 is 1.55 bits per heavy atom. The molecule has 0 heterocycles. The highest BCUT2D eigenvalue weighted by Gasteiger charge is 2.12. The molecule has 4 nitrogen and oxygen atoms in total. The van der Waals surface area contributed by atoms with Gasteiger partial charge >= 0.3 is 0 Å². The Bertz CT molecular complexity index is 256. The molecule has 0 aliphatic carbocycles. The standard InChI is InChI=1S/C6H10O4S/c1-2-3-6(4-7)5-11(8,9)10/h6-7H,4-5H2,1H3,(H,8,9,10). The van der Waals surface area contributed by atoms with Crippen molar-refractivity contribution in [3.63, 3.8) is 0 Å². The van der Waals surface area contributed by atoms with Gasteiger partial charge in [-0.25, -0.2) is 0 Å². The quantitative estimate of drug-likeness (QED) is 0.451. The summed E-state index contributed by atoms with van der Waals surface area (Å²) in [5.74, 6) is 3.71. The number of aliphatic hydroxyl groups is 1. The van der Waals surface area contributed by atoms with Gasteiger partial charge in [-0.05, 0) is 6.92 Å². The average molecular weight is 178 g/mol. The summed E-state index contributed by atoms with van der Waals surface area (Å²) in [6.07, 6.45) is 0. The van der Waals surface area contributed by atoms with Gasteiger partial charge in [0.2, 0.25) is 0 Å². The Kier molecular flexibility index (Phi) is 4.11. The molecule has 1 unspecified atom stereocenters. The summed E-state index contributed by atoms with van der Waals surface area (Å²) in [4.78, 5) is 0. The molecule has 0 rings (SSSR count). The van der Waals surface area contributed by atoms with E-state index in [0.717, 1.165) is 0 Å². The molecule has 0 amide bonds. The van der Waals surface area contributed by atoms with Crippen LogP contribution in [0.3, 0.4) is 0 Å². The molecule has 0 aliphatic heterocycles. The largest absolute Gasteiger partial charge is 0.395 e. The fourth-order valence-electron chi connectivity index (χ4n) is 0.598. The maximum atomic E-state index is 10.3. The second-order valence-corrected chi connectivity index (χ2v) is 3.52. The highest BCUT2D eigenvalue weighted by atomic mass is 32.2. The Hall–Kier alpha value is -0.570. The van der Waals surface area contributed by atoms with Crippen molar-refractivity contribution in [2.24, 2.45) is 5.92 Å². The zero-order valence-corrected chi connectivity index (χ0v) is 6.93. The molecule has 0 aliphatic rings. The van der Waals surface area contributed by atoms with E-state index in [1.807, 2.05) is 0 Å². The van der Waals surface area contributed by atoms with Crippen molar-refractivity contribution in [2.45, 2.75) is 6.92 Å². The van der Waals surface area contributed by atoms with Crippen molar-refractivity contribution in [2.75, 3.05) is 12.4 Å². The summed E-state index contributed by atoms with van der Waals surface area (Å²) < 4.78 is 28.8. The topological polar surface area (TPSA) is 74.6 Å². The maximum Gasteiger partial charge on any atom is 0.266 e. The van der Waals surface area contributed by atoms with E-state index in [1.165, 1.54) is 6.92 Å². The molecule has 0 aromatic heterocycles. The van der Waals surface area contributed by atoms with Crippen LogP contribution in [0, 0.1) is 17.8 Å². The molecule has 0 aromatic carbocycles. The lowest BCUT2D eigenvalue weighted by Gasteiger charge is -2.02. The Labute approximate surface area is 66.0 Å². The van der Waals surface area contributed by atoms with Gasteiger partial charge in [-0.2, -0.15) is 8.42 Å². The lowest BCUT2D eigenvalue weighted by Crippen LogP contribution is -2.16. The molecule has 0 aromatic rings. The summed E-state index contributed by atoms with van der Waals surface area (Å²) in [6, 6.07) is 0. The lowest BCUT2D eigenvalue weighted by atomic mass is 10.2. The van der Waals surface area contributed by atoms with Crippen LogP contribution in [0.5, 0.6) is 0 Å². The second-order valence-electron chi connectivity index (χ2n) is 2.02. The zero-order valence-electron chi connectivity index (χ0n) is 6.11. The third kappa shape index (κ3) is 5.85. The molecule has 5 heteroatoms. The van der Waals surface area contributed by atoms with Gasteiger partial charge in [0, 0.05) is 0 Å². The minimum atomic E-state index is -4.02. The molecule has 1 atom stereocenters. The molecule has 0 radical (unpaired) electrons. The summed E-state index contributed by atoms with van der Waals surface area (Å²) in [5.41, 5.74) is 0. The first-order valence-corrected chi connectivity index (χ1v) is 4.59. The van der Waals surface area contributed by atoms with Gasteiger partial charge < -0.3 is 5.11 Å². The molecule has 64 valence electrons. The summed E-state index contributed by atoms with van der Waals surface area (Å²) in [7, 11) is -4.02. The van der Waals surface area contributed by atoms with Crippen LogP contribution in [0.15, 0.2) is 0 Å². The van der Waals surface area contributed by atoms with Crippen LogP contribution in [-0.4, -0.2) is 30.4 Å². The fraction of sp³-hybridized carbons (Fsp3) is 0.667. The monoisotopic (exact) mass is 178 g/mol. The van der Waals surface area contributed by atoms with Crippen LogP contribution in [0.1, 0.15) is 6.92 Å². The highest BCUT2D eigenvalue weighted by molar-refractivity contribution is 7.85. The zero-order chi connectivity index (χ0) is 8.91. The van der Waals surface area contributed by atoms with Gasteiger partial charge in [0.25, 0.3) is 10.1 Å². The van der Waals surface area contributed by atoms with Gasteiger partial charge in [0.05, 0.1) is 18.3 Å². The maximum absolute atomic E-state index is 10.3. The van der Waals surface area contributed by atoms with Crippen LogP contribution in [0.25, 0.3) is 0 Å². The SMILES string of the molecule is CC#CC(CO)CS(=O)(=O)O. The third-order valence-corrected chi connectivity index (χ3v) is 1.80. The molecule has 0 fully saturated rings. The molecule has 0 spiro atoms. The summed E-state index contributed by atoms with van der Waals surface area (Å²) >= 11 is 0. The van der Waals surface area contributed by atoms with Gasteiger partial charge in [0.15, 0.2) is 0 Å². The summed E-state index contributed by atoms with van der Waals surface area (Å²) in [6.45, 7) is 1.17. The predicted molar refractivity (Wildman–Crippen MR) is 40.4 cm³/mol. The van der Waals surface area contributed by atoms with Crippen LogP contribution >= 0.6 is 0 Å². The van der Waals surface area contributed by atoms with E-state index in [9.17, 15) is 8.42 Å². The van der Waals surface area contributed by atoms with E-state index in [4.69, 9.17) is 9.66 Å². The second kappa shape index (κ2) is 4.34. The number of rotatable bonds is 3. The number of hydrogen-bond acceptors (Lipinski definition) is 3. The smallest absolute Gasteiger partial charge is 0.266 e. The van der Waals surface area contributed by atoms with Crippen molar-refractivity contribution < 1.29 is 18.1 Å². The molecular formula is C6H10O4S. The molecule has 0 saturated heterocycles. The first-order valence-electron chi connectivity index (χ1n) is 2.98. The van der Waals surface area contributed by atoms with E-state index in [0.29, 0.717) is 0 Å². The van der Waals surface area contributed by atoms with Crippen molar-refractivity contribution in [1.29, 1.82) is 0 Å². The van der Waals surface area contributed by atoms with Crippen molar-refractivity contribution in [1.82, 2.24) is 0 Å². The van der Waals surface area contributed by atoms with Crippen LogP contribution in [-0.2, 0) is 10.1 Å². The molecule has 0 saturated carbocycles. The minimum Gasteiger partial charge on any atom is -0.395 e. The van der Waals surface area contributed by atoms with Gasteiger partial charge in [0.1, 0.15) is 0 Å². The average Bonchev–Trinajstić information content (AvgIpc) is 1.84. The Morgan fingerprint density at radius 3 is 2.36 bits per heavy atom. The van der Waals surface area contributed by atoms with Crippen LogP contribution < -0.4 is 0 Å². The molecule has 11 heavy (non-hydrogen) atoms. The van der Waals surface area contributed by atoms with Gasteiger partial charge in [-0.3, -0.25) is 4.55 Å². The lowest BCUT2D eigenvalue weighted by molar-refractivity contribution is 0.265. The van der Waals surface area contributed by atoms with Crippen molar-refractivity contribution in [3.05, 3.63) is 0 Å². The predicted octanol–water partition coefficient (Wildman–Crippen LogP) is -0.494. The third-order valence-electron chi connectivity index (χ3n) is 0.981. The van der Waals surface area contributed by atoms with Gasteiger partial charge in [-0.15, -0.1) is 5.92 Å². The summed E-state index contributed by atoms with van der Waals surface area (Å²) in [5, 5.41) is 8.54. The molecular weight excluding hydrogens is 168 g/mol. The van der Waals surface area contributed by atoms with Crippen LogP contribution in [0.4, 0.5) is 0 Å². The van der Waals surface area contributed by atoms with Gasteiger partial charge in [-0.1, -0.05) is 5.92 Å². The Morgan fingerprint density at radius 2 is 2.09 bits per heavy atom. The fourth-order valence-corrected chi connectivity index (χ4v) is 1.30. The minimum absolute atomic E-state index is 0.360. The normalized spacial score (nSPS) is 13.4. The van der Waals surface area contributed by atoms with E-state index in [2.05, 4.69) is 11.8 Å². The highest BCUT2D eigenvalue weighted by Crippen LogP contribution is 1.97. The van der Waals surface area contributed by atoms with Crippen LogP contribution in [0.2, 0.25) is 0 Å².